The van der Waals surface area contributed by atoms with Crippen molar-refractivity contribution in [2.45, 2.75) is 68.2 Å². The van der Waals surface area contributed by atoms with Crippen molar-refractivity contribution in [3.63, 3.8) is 0 Å². The van der Waals surface area contributed by atoms with E-state index in [0.29, 0.717) is 17.7 Å². The van der Waals surface area contributed by atoms with Crippen LogP contribution in [0.15, 0.2) is 0 Å². The van der Waals surface area contributed by atoms with Crippen LogP contribution in [0.2, 0.25) is 0 Å². The van der Waals surface area contributed by atoms with Crippen LogP contribution in [0.4, 0.5) is 8.78 Å². The Bertz CT molecular complexity index is 327. The third-order valence-electron chi connectivity index (χ3n) is 4.56. The lowest BCUT2D eigenvalue weighted by atomic mass is 9.85. The Labute approximate surface area is 122 Å². The first-order chi connectivity index (χ1) is 8.91. The maximum atomic E-state index is 13.1. The molecule has 0 heterocycles. The van der Waals surface area contributed by atoms with Gasteiger partial charge < -0.3 is 4.90 Å². The molecule has 0 aromatic rings. The standard InChI is InChI=1S/C14H22BrF2NO/c1-18(12-5-3-2-4-11(12)15)13(19)10-6-8-14(16,17)9-7-10/h10-12H,2-9H2,1H3. The van der Waals surface area contributed by atoms with Gasteiger partial charge in [-0.15, -0.1) is 0 Å². The van der Waals surface area contributed by atoms with Crippen molar-refractivity contribution < 1.29 is 13.6 Å². The van der Waals surface area contributed by atoms with Crippen LogP contribution < -0.4 is 0 Å². The van der Waals surface area contributed by atoms with Gasteiger partial charge in [0.2, 0.25) is 11.8 Å². The highest BCUT2D eigenvalue weighted by Crippen LogP contribution is 2.37. The number of hydrogen-bond acceptors (Lipinski definition) is 1. The first-order valence-electron chi connectivity index (χ1n) is 7.19. The summed E-state index contributed by atoms with van der Waals surface area (Å²) < 4.78 is 26.3. The SMILES string of the molecule is CN(C(=O)C1CCC(F)(F)CC1)C1CCCCC1Br. The largest absolute Gasteiger partial charge is 0.341 e. The molecule has 2 atom stereocenters. The van der Waals surface area contributed by atoms with Crippen LogP contribution in [0.5, 0.6) is 0 Å². The second kappa shape index (κ2) is 6.06. The van der Waals surface area contributed by atoms with E-state index >= 15 is 0 Å². The van der Waals surface area contributed by atoms with Crippen LogP contribution in [0, 0.1) is 5.92 Å². The molecule has 5 heteroatoms. The van der Waals surface area contributed by atoms with Crippen LogP contribution in [0.1, 0.15) is 51.4 Å². The van der Waals surface area contributed by atoms with E-state index in [-0.39, 0.29) is 30.7 Å². The second-order valence-electron chi connectivity index (χ2n) is 5.95. The Kier molecular flexibility index (Phi) is 4.85. The minimum Gasteiger partial charge on any atom is -0.341 e. The quantitative estimate of drug-likeness (QED) is 0.698. The summed E-state index contributed by atoms with van der Waals surface area (Å²) >= 11 is 3.65. The molecule has 0 aliphatic heterocycles. The number of carbonyl (C=O) groups is 1. The zero-order valence-electron chi connectivity index (χ0n) is 11.4. The van der Waals surface area contributed by atoms with E-state index in [2.05, 4.69) is 15.9 Å². The van der Waals surface area contributed by atoms with Crippen molar-refractivity contribution in [3.8, 4) is 0 Å². The van der Waals surface area contributed by atoms with Gasteiger partial charge in [0.1, 0.15) is 0 Å². The minimum atomic E-state index is -2.56. The summed E-state index contributed by atoms with van der Waals surface area (Å²) in [4.78, 5) is 14.6. The Balaban J connectivity index is 1.92. The lowest BCUT2D eigenvalue weighted by Gasteiger charge is -2.38. The zero-order valence-corrected chi connectivity index (χ0v) is 13.0. The molecule has 0 spiro atoms. The first-order valence-corrected chi connectivity index (χ1v) is 8.11. The molecule has 0 aromatic carbocycles. The van der Waals surface area contributed by atoms with Crippen molar-refractivity contribution in [2.75, 3.05) is 7.05 Å². The number of halogens is 3. The maximum Gasteiger partial charge on any atom is 0.248 e. The van der Waals surface area contributed by atoms with Crippen LogP contribution in [0.3, 0.4) is 0 Å². The Morgan fingerprint density at radius 3 is 2.32 bits per heavy atom. The van der Waals surface area contributed by atoms with Crippen LogP contribution in [-0.2, 0) is 4.79 Å². The highest BCUT2D eigenvalue weighted by Gasteiger charge is 2.39. The molecule has 2 fully saturated rings. The lowest BCUT2D eigenvalue weighted by molar-refractivity contribution is -0.140. The zero-order chi connectivity index (χ0) is 14.0. The number of hydrogen-bond donors (Lipinski definition) is 0. The summed E-state index contributed by atoms with van der Waals surface area (Å²) in [6.45, 7) is 0. The van der Waals surface area contributed by atoms with E-state index in [9.17, 15) is 13.6 Å². The summed E-state index contributed by atoms with van der Waals surface area (Å²) in [5.41, 5.74) is 0. The van der Waals surface area contributed by atoms with Gasteiger partial charge in [-0.25, -0.2) is 8.78 Å². The van der Waals surface area contributed by atoms with Crippen molar-refractivity contribution in [1.82, 2.24) is 4.90 Å². The van der Waals surface area contributed by atoms with E-state index < -0.39 is 5.92 Å². The Morgan fingerprint density at radius 2 is 1.74 bits per heavy atom. The molecule has 2 aliphatic carbocycles. The van der Waals surface area contributed by atoms with Crippen LogP contribution in [-0.4, -0.2) is 34.6 Å². The molecule has 0 aromatic heterocycles. The number of rotatable bonds is 2. The molecule has 2 unspecified atom stereocenters. The molecular weight excluding hydrogens is 316 g/mol. The first kappa shape index (κ1) is 15.2. The average Bonchev–Trinajstić information content (AvgIpc) is 2.38. The van der Waals surface area contributed by atoms with E-state index in [1.807, 2.05) is 11.9 Å². The molecule has 1 amide bonds. The number of nitrogens with zero attached hydrogens (tertiary/aromatic N) is 1. The van der Waals surface area contributed by atoms with E-state index in [0.717, 1.165) is 19.3 Å². The third kappa shape index (κ3) is 3.67. The fourth-order valence-electron chi connectivity index (χ4n) is 3.24. The van der Waals surface area contributed by atoms with Gasteiger partial charge in [-0.3, -0.25) is 4.79 Å². The van der Waals surface area contributed by atoms with E-state index in [1.54, 1.807) is 0 Å². The highest BCUT2D eigenvalue weighted by atomic mass is 79.9. The maximum absolute atomic E-state index is 13.1. The van der Waals surface area contributed by atoms with Gasteiger partial charge in [0.15, 0.2) is 0 Å². The van der Waals surface area contributed by atoms with Crippen molar-refractivity contribution in [2.24, 2.45) is 5.92 Å². The molecule has 0 N–H and O–H groups in total. The lowest BCUT2D eigenvalue weighted by Crippen LogP contribution is -2.47. The number of alkyl halides is 3. The van der Waals surface area contributed by atoms with E-state index in [1.165, 1.54) is 6.42 Å². The molecule has 110 valence electrons. The van der Waals surface area contributed by atoms with Gasteiger partial charge in [-0.1, -0.05) is 28.8 Å². The predicted molar refractivity (Wildman–Crippen MR) is 74.6 cm³/mol. The van der Waals surface area contributed by atoms with Gasteiger partial charge >= 0.3 is 0 Å². The van der Waals surface area contributed by atoms with Crippen LogP contribution in [0.25, 0.3) is 0 Å². The van der Waals surface area contributed by atoms with Crippen molar-refractivity contribution >= 4 is 21.8 Å². The van der Waals surface area contributed by atoms with Gasteiger partial charge in [-0.2, -0.15) is 0 Å². The van der Waals surface area contributed by atoms with Crippen LogP contribution >= 0.6 is 15.9 Å². The fraction of sp³-hybridized carbons (Fsp3) is 0.929. The fourth-order valence-corrected chi connectivity index (χ4v) is 4.18. The predicted octanol–water partition coefficient (Wildman–Crippen LogP) is 3.98. The summed E-state index contributed by atoms with van der Waals surface area (Å²) in [6.07, 6.45) is 4.83. The molecular formula is C14H22BrF2NO. The Hall–Kier alpha value is -0.190. The van der Waals surface area contributed by atoms with E-state index in [4.69, 9.17) is 0 Å². The topological polar surface area (TPSA) is 20.3 Å². The average molecular weight is 338 g/mol. The molecule has 0 radical (unpaired) electrons. The van der Waals surface area contributed by atoms with Gasteiger partial charge in [0, 0.05) is 36.7 Å². The molecule has 2 rings (SSSR count). The van der Waals surface area contributed by atoms with Gasteiger partial charge in [0.05, 0.1) is 0 Å². The molecule has 19 heavy (non-hydrogen) atoms. The minimum absolute atomic E-state index is 0.0619. The molecule has 2 aliphatic rings. The molecule has 2 nitrogen and oxygen atoms in total. The van der Waals surface area contributed by atoms with Gasteiger partial charge in [-0.05, 0) is 25.7 Å². The second-order valence-corrected chi connectivity index (χ2v) is 7.12. The molecule has 2 saturated carbocycles. The smallest absolute Gasteiger partial charge is 0.248 e. The third-order valence-corrected chi connectivity index (χ3v) is 5.63. The summed E-state index contributed by atoms with van der Waals surface area (Å²) in [6, 6.07) is 0.226. The van der Waals surface area contributed by atoms with Gasteiger partial charge in [0.25, 0.3) is 0 Å². The monoisotopic (exact) mass is 337 g/mol. The number of amides is 1. The number of carbonyl (C=O) groups excluding carboxylic acids is 1. The normalized spacial score (nSPS) is 32.0. The molecule has 0 bridgehead atoms. The van der Waals surface area contributed by atoms with Crippen molar-refractivity contribution in [1.29, 1.82) is 0 Å². The Morgan fingerprint density at radius 1 is 1.16 bits per heavy atom. The summed E-state index contributed by atoms with van der Waals surface area (Å²) in [7, 11) is 1.83. The molecule has 0 saturated heterocycles. The summed E-state index contributed by atoms with van der Waals surface area (Å²) in [5.74, 6) is -2.70. The highest BCUT2D eigenvalue weighted by molar-refractivity contribution is 9.09. The summed E-state index contributed by atoms with van der Waals surface area (Å²) in [5, 5.41) is 0. The van der Waals surface area contributed by atoms with Crippen molar-refractivity contribution in [3.05, 3.63) is 0 Å².